The van der Waals surface area contributed by atoms with Gasteiger partial charge < -0.3 is 14.6 Å². The van der Waals surface area contributed by atoms with Gasteiger partial charge in [0.1, 0.15) is 5.69 Å². The van der Waals surface area contributed by atoms with Gasteiger partial charge in [0.05, 0.1) is 32.3 Å². The Bertz CT molecular complexity index is 900. The maximum absolute atomic E-state index is 12.8. The summed E-state index contributed by atoms with van der Waals surface area (Å²) in [7, 11) is 0. The van der Waals surface area contributed by atoms with Crippen LogP contribution in [-0.4, -0.2) is 28.2 Å². The van der Waals surface area contributed by atoms with E-state index in [0.29, 0.717) is 18.8 Å². The van der Waals surface area contributed by atoms with Crippen molar-refractivity contribution in [1.82, 2.24) is 14.9 Å². The summed E-state index contributed by atoms with van der Waals surface area (Å²) in [5.74, 6) is -0.0778. The predicted molar refractivity (Wildman–Crippen MR) is 107 cm³/mol. The third-order valence-electron chi connectivity index (χ3n) is 4.61. The molecule has 0 radical (unpaired) electrons. The van der Waals surface area contributed by atoms with Gasteiger partial charge in [-0.05, 0) is 59.5 Å². The first kappa shape index (κ1) is 17.7. The van der Waals surface area contributed by atoms with Crippen molar-refractivity contribution >= 4 is 43.4 Å². The van der Waals surface area contributed by atoms with E-state index in [9.17, 15) is 4.79 Å². The molecule has 136 valence electrons. The lowest BCUT2D eigenvalue weighted by Crippen LogP contribution is -2.29. The molecule has 3 aromatic rings. The minimum Gasteiger partial charge on any atom is -0.376 e. The zero-order valence-electron chi connectivity index (χ0n) is 14.3. The van der Waals surface area contributed by atoms with Crippen molar-refractivity contribution in [3.05, 3.63) is 51.7 Å². The number of nitrogens with one attached hydrogen (secondary N) is 1. The van der Waals surface area contributed by atoms with Crippen LogP contribution in [0.5, 0.6) is 0 Å². The Morgan fingerprint density at radius 2 is 2.31 bits per heavy atom. The first-order valence-electron chi connectivity index (χ1n) is 8.79. The van der Waals surface area contributed by atoms with Crippen LogP contribution in [0.25, 0.3) is 10.2 Å². The van der Waals surface area contributed by atoms with Gasteiger partial charge in [0, 0.05) is 19.3 Å². The van der Waals surface area contributed by atoms with Crippen LogP contribution in [0.1, 0.15) is 35.4 Å². The lowest BCUT2D eigenvalue weighted by atomic mass is 10.1. The summed E-state index contributed by atoms with van der Waals surface area (Å²) in [5, 5.41) is 2.99. The lowest BCUT2D eigenvalue weighted by molar-refractivity contribution is 0.00637. The van der Waals surface area contributed by atoms with Crippen molar-refractivity contribution in [3.63, 3.8) is 0 Å². The summed E-state index contributed by atoms with van der Waals surface area (Å²) in [6.45, 7) is 1.94. The van der Waals surface area contributed by atoms with Crippen LogP contribution in [0.3, 0.4) is 0 Å². The number of nitrogens with zero attached hydrogens (tertiary/aromatic N) is 2. The van der Waals surface area contributed by atoms with Crippen molar-refractivity contribution in [2.45, 2.75) is 38.5 Å². The number of hydrogen-bond acceptors (Lipinski definition) is 4. The van der Waals surface area contributed by atoms with Crippen LogP contribution >= 0.6 is 27.3 Å². The number of ether oxygens (including phenoxy) is 1. The van der Waals surface area contributed by atoms with Crippen molar-refractivity contribution in [2.75, 3.05) is 6.61 Å². The maximum Gasteiger partial charge on any atom is 0.268 e. The molecule has 1 fully saturated rings. The second-order valence-electron chi connectivity index (χ2n) is 6.43. The molecule has 5 nitrogen and oxygen atoms in total. The van der Waals surface area contributed by atoms with Gasteiger partial charge in [0.2, 0.25) is 0 Å². The number of carbonyl (C=O) groups excluding carboxylic acids is 1. The molecule has 3 aromatic heterocycles. The summed E-state index contributed by atoms with van der Waals surface area (Å²) >= 11 is 5.19. The Morgan fingerprint density at radius 1 is 1.38 bits per heavy atom. The molecule has 1 saturated heterocycles. The van der Waals surface area contributed by atoms with Gasteiger partial charge in [-0.15, -0.1) is 11.3 Å². The highest BCUT2D eigenvalue weighted by atomic mass is 79.9. The SMILES string of the molecule is O=C(NCc1ccccn1)c1cc2sc(Br)cc2n1C[C@H]1CCCCO1. The zero-order chi connectivity index (χ0) is 17.9. The second kappa shape index (κ2) is 7.90. The average molecular weight is 434 g/mol. The predicted octanol–water partition coefficient (Wildman–Crippen LogP) is 4.36. The molecule has 1 aliphatic heterocycles. The molecule has 1 atom stereocenters. The van der Waals surface area contributed by atoms with E-state index in [4.69, 9.17) is 4.74 Å². The third-order valence-corrected chi connectivity index (χ3v) is 6.18. The molecule has 0 aliphatic carbocycles. The Balaban J connectivity index is 1.57. The van der Waals surface area contributed by atoms with Gasteiger partial charge >= 0.3 is 0 Å². The topological polar surface area (TPSA) is 56.2 Å². The molecule has 0 saturated carbocycles. The number of amides is 1. The summed E-state index contributed by atoms with van der Waals surface area (Å²) in [6, 6.07) is 9.75. The Morgan fingerprint density at radius 3 is 3.08 bits per heavy atom. The number of hydrogen-bond donors (Lipinski definition) is 1. The zero-order valence-corrected chi connectivity index (χ0v) is 16.7. The fourth-order valence-electron chi connectivity index (χ4n) is 3.32. The van der Waals surface area contributed by atoms with Crippen LogP contribution in [-0.2, 0) is 17.8 Å². The largest absolute Gasteiger partial charge is 0.376 e. The number of pyridine rings is 1. The highest BCUT2D eigenvalue weighted by molar-refractivity contribution is 9.11. The first-order valence-corrected chi connectivity index (χ1v) is 10.4. The number of rotatable bonds is 5. The minimum atomic E-state index is -0.0778. The molecule has 1 N–H and O–H groups in total. The van der Waals surface area contributed by atoms with Gasteiger partial charge in [-0.1, -0.05) is 6.07 Å². The van der Waals surface area contributed by atoms with Crippen LogP contribution < -0.4 is 5.32 Å². The molecule has 4 rings (SSSR count). The van der Waals surface area contributed by atoms with E-state index < -0.39 is 0 Å². The van der Waals surface area contributed by atoms with Gasteiger partial charge in [-0.25, -0.2) is 0 Å². The van der Waals surface area contributed by atoms with Gasteiger partial charge in [0.25, 0.3) is 5.91 Å². The first-order chi connectivity index (χ1) is 12.7. The minimum absolute atomic E-state index is 0.0778. The highest BCUT2D eigenvalue weighted by Crippen LogP contribution is 2.33. The Labute approximate surface area is 164 Å². The quantitative estimate of drug-likeness (QED) is 0.649. The molecular weight excluding hydrogens is 414 g/mol. The average Bonchev–Trinajstić information content (AvgIpc) is 3.19. The smallest absolute Gasteiger partial charge is 0.268 e. The van der Waals surface area contributed by atoms with E-state index in [0.717, 1.165) is 39.1 Å². The molecule has 0 unspecified atom stereocenters. The van der Waals surface area contributed by atoms with Crippen LogP contribution in [0, 0.1) is 0 Å². The van der Waals surface area contributed by atoms with E-state index in [1.54, 1.807) is 17.5 Å². The fourth-order valence-corrected chi connectivity index (χ4v) is 4.88. The molecule has 1 aliphatic rings. The standard InChI is InChI=1S/C19H20BrN3O2S/c20-18-10-15-17(26-18)9-16(23(15)12-14-6-2-4-8-25-14)19(24)22-11-13-5-1-3-7-21-13/h1,3,5,7,9-10,14H,2,4,6,8,11-12H2,(H,22,24)/t14-/m1/s1. The molecular formula is C19H20BrN3O2S. The highest BCUT2D eigenvalue weighted by Gasteiger charge is 2.22. The van der Waals surface area contributed by atoms with Crippen molar-refractivity contribution < 1.29 is 9.53 Å². The van der Waals surface area contributed by atoms with Crippen molar-refractivity contribution in [2.24, 2.45) is 0 Å². The van der Waals surface area contributed by atoms with Crippen molar-refractivity contribution in [3.8, 4) is 0 Å². The monoisotopic (exact) mass is 433 g/mol. The summed E-state index contributed by atoms with van der Waals surface area (Å²) in [5.41, 5.74) is 2.61. The second-order valence-corrected chi connectivity index (χ2v) is 8.90. The molecule has 0 aromatic carbocycles. The van der Waals surface area contributed by atoms with Crippen LogP contribution in [0.15, 0.2) is 40.3 Å². The maximum atomic E-state index is 12.8. The van der Waals surface area contributed by atoms with Crippen molar-refractivity contribution in [1.29, 1.82) is 0 Å². The van der Waals surface area contributed by atoms with E-state index in [1.807, 2.05) is 24.3 Å². The number of fused-ring (bicyclic) bond motifs is 1. The molecule has 0 spiro atoms. The van der Waals surface area contributed by atoms with Gasteiger partial charge in [-0.3, -0.25) is 9.78 Å². The third kappa shape index (κ3) is 3.84. The van der Waals surface area contributed by atoms with Gasteiger partial charge in [0.15, 0.2) is 0 Å². The summed E-state index contributed by atoms with van der Waals surface area (Å²) < 4.78 is 10.2. The van der Waals surface area contributed by atoms with Crippen LogP contribution in [0.4, 0.5) is 0 Å². The van der Waals surface area contributed by atoms with E-state index in [2.05, 4.69) is 36.9 Å². The molecule has 0 bridgehead atoms. The van der Waals surface area contributed by atoms with E-state index in [-0.39, 0.29) is 12.0 Å². The number of halogens is 1. The number of carbonyl (C=O) groups is 1. The number of aromatic nitrogens is 2. The normalized spacial score (nSPS) is 17.5. The summed E-state index contributed by atoms with van der Waals surface area (Å²) in [4.78, 5) is 17.1. The van der Waals surface area contributed by atoms with E-state index >= 15 is 0 Å². The molecule has 7 heteroatoms. The summed E-state index contributed by atoms with van der Waals surface area (Å²) in [6.07, 6.45) is 5.25. The number of thiophene rings is 1. The Kier molecular flexibility index (Phi) is 5.38. The lowest BCUT2D eigenvalue weighted by Gasteiger charge is -2.24. The Hall–Kier alpha value is -1.70. The molecule has 4 heterocycles. The van der Waals surface area contributed by atoms with E-state index in [1.165, 1.54) is 6.42 Å². The van der Waals surface area contributed by atoms with Gasteiger partial charge in [-0.2, -0.15) is 0 Å². The molecule has 1 amide bonds. The van der Waals surface area contributed by atoms with Crippen LogP contribution in [0.2, 0.25) is 0 Å². The molecule has 26 heavy (non-hydrogen) atoms. The fraction of sp³-hybridized carbons (Fsp3) is 0.368.